The number of hydrogen-bond donors (Lipinski definition) is 1. The van der Waals surface area contributed by atoms with Crippen LogP contribution in [0.2, 0.25) is 0 Å². The minimum absolute atomic E-state index is 0.297. The van der Waals surface area contributed by atoms with Gasteiger partial charge in [-0.1, -0.05) is 6.92 Å². The Labute approximate surface area is 121 Å². The van der Waals surface area contributed by atoms with Crippen molar-refractivity contribution in [1.29, 1.82) is 0 Å². The maximum atomic E-state index is 5.23. The molecule has 2 unspecified atom stereocenters. The van der Waals surface area contributed by atoms with Crippen molar-refractivity contribution in [2.45, 2.75) is 46.2 Å². The predicted octanol–water partition coefficient (Wildman–Crippen LogP) is 3.34. The number of rotatable bonds is 9. The Bertz CT molecular complexity index is 368. The average molecular weight is 285 g/mol. The van der Waals surface area contributed by atoms with Crippen LogP contribution in [0.15, 0.2) is 6.20 Å². The molecule has 0 saturated heterocycles. The zero-order valence-corrected chi connectivity index (χ0v) is 13.6. The summed E-state index contributed by atoms with van der Waals surface area (Å²) in [7, 11) is 1.73. The second-order valence-electron chi connectivity index (χ2n) is 4.95. The van der Waals surface area contributed by atoms with Gasteiger partial charge in [0.1, 0.15) is 0 Å². The van der Waals surface area contributed by atoms with Crippen LogP contribution in [-0.2, 0) is 4.74 Å². The van der Waals surface area contributed by atoms with Crippen LogP contribution in [0.1, 0.15) is 38.9 Å². The Kier molecular flexibility index (Phi) is 7.31. The molecule has 4 nitrogen and oxygen atoms in total. The van der Waals surface area contributed by atoms with Gasteiger partial charge in [0.2, 0.25) is 5.95 Å². The zero-order chi connectivity index (χ0) is 14.3. The molecule has 1 aromatic heterocycles. The number of thioether (sulfide) groups is 1. The van der Waals surface area contributed by atoms with Crippen molar-refractivity contribution in [1.82, 2.24) is 9.55 Å². The highest BCUT2D eigenvalue weighted by Crippen LogP contribution is 2.18. The number of anilines is 1. The lowest BCUT2D eigenvalue weighted by Crippen LogP contribution is -2.21. The summed E-state index contributed by atoms with van der Waals surface area (Å²) in [5.74, 6) is 3.33. The lowest BCUT2D eigenvalue weighted by Gasteiger charge is -2.19. The first kappa shape index (κ1) is 16.4. The Morgan fingerprint density at radius 1 is 1.47 bits per heavy atom. The van der Waals surface area contributed by atoms with E-state index in [9.17, 15) is 0 Å². The van der Waals surface area contributed by atoms with Gasteiger partial charge in [-0.05, 0) is 38.7 Å². The van der Waals surface area contributed by atoms with Crippen LogP contribution in [0.4, 0.5) is 5.95 Å². The SMILES string of the molecule is CCSCCC(C)Nc1nc(C)cn1C(C)COC. The van der Waals surface area contributed by atoms with Gasteiger partial charge in [0.15, 0.2) is 0 Å². The molecule has 0 aliphatic rings. The molecule has 1 N–H and O–H groups in total. The summed E-state index contributed by atoms with van der Waals surface area (Å²) in [6.45, 7) is 9.29. The number of nitrogens with zero attached hydrogens (tertiary/aromatic N) is 2. The van der Waals surface area contributed by atoms with Gasteiger partial charge in [0.05, 0.1) is 18.3 Å². The van der Waals surface area contributed by atoms with Crippen molar-refractivity contribution in [3.63, 3.8) is 0 Å². The maximum absolute atomic E-state index is 5.23. The van der Waals surface area contributed by atoms with Crippen molar-refractivity contribution >= 4 is 17.7 Å². The fourth-order valence-electron chi connectivity index (χ4n) is 1.98. The number of aromatic nitrogens is 2. The molecule has 110 valence electrons. The van der Waals surface area contributed by atoms with Crippen LogP contribution in [0.3, 0.4) is 0 Å². The molecule has 0 bridgehead atoms. The van der Waals surface area contributed by atoms with Crippen LogP contribution in [-0.4, -0.2) is 40.8 Å². The Morgan fingerprint density at radius 3 is 2.84 bits per heavy atom. The number of methoxy groups -OCH3 is 1. The zero-order valence-electron chi connectivity index (χ0n) is 12.8. The van der Waals surface area contributed by atoms with E-state index >= 15 is 0 Å². The van der Waals surface area contributed by atoms with E-state index in [0.29, 0.717) is 18.7 Å². The van der Waals surface area contributed by atoms with Gasteiger partial charge in [-0.15, -0.1) is 0 Å². The third-order valence-corrected chi connectivity index (χ3v) is 3.94. The first-order chi connectivity index (χ1) is 9.08. The quantitative estimate of drug-likeness (QED) is 0.706. The number of ether oxygens (including phenoxy) is 1. The molecular formula is C14H27N3OS. The Balaban J connectivity index is 2.61. The summed E-state index contributed by atoms with van der Waals surface area (Å²) in [5, 5.41) is 3.51. The molecule has 1 aromatic rings. The van der Waals surface area contributed by atoms with Crippen LogP contribution >= 0.6 is 11.8 Å². The molecule has 0 aromatic carbocycles. The molecule has 0 saturated carbocycles. The second kappa shape index (κ2) is 8.48. The third kappa shape index (κ3) is 5.45. The summed E-state index contributed by atoms with van der Waals surface area (Å²) in [4.78, 5) is 4.57. The van der Waals surface area contributed by atoms with Crippen molar-refractivity contribution in [3.8, 4) is 0 Å². The summed E-state index contributed by atoms with van der Waals surface area (Å²) in [6.07, 6.45) is 3.24. The predicted molar refractivity (Wildman–Crippen MR) is 84.3 cm³/mol. The van der Waals surface area contributed by atoms with E-state index in [-0.39, 0.29) is 0 Å². The molecule has 2 atom stereocenters. The van der Waals surface area contributed by atoms with E-state index in [1.807, 2.05) is 18.7 Å². The van der Waals surface area contributed by atoms with Crippen molar-refractivity contribution in [2.24, 2.45) is 0 Å². The standard InChI is InChI=1S/C14H27N3OS/c1-6-19-8-7-11(2)15-14-16-12(3)9-17(14)13(4)10-18-5/h9,11,13H,6-8,10H2,1-5H3,(H,15,16). The highest BCUT2D eigenvalue weighted by atomic mass is 32.2. The van der Waals surface area contributed by atoms with Gasteiger partial charge in [-0.3, -0.25) is 0 Å². The van der Waals surface area contributed by atoms with E-state index in [2.05, 4.69) is 41.8 Å². The first-order valence-electron chi connectivity index (χ1n) is 6.97. The molecular weight excluding hydrogens is 258 g/mol. The molecule has 1 heterocycles. The van der Waals surface area contributed by atoms with Crippen molar-refractivity contribution in [2.75, 3.05) is 30.5 Å². The minimum atomic E-state index is 0.297. The van der Waals surface area contributed by atoms with E-state index in [4.69, 9.17) is 4.74 Å². The minimum Gasteiger partial charge on any atom is -0.383 e. The maximum Gasteiger partial charge on any atom is 0.203 e. The van der Waals surface area contributed by atoms with Crippen LogP contribution in [0.5, 0.6) is 0 Å². The van der Waals surface area contributed by atoms with Gasteiger partial charge in [0.25, 0.3) is 0 Å². The fraction of sp³-hybridized carbons (Fsp3) is 0.786. The molecule has 0 aliphatic heterocycles. The van der Waals surface area contributed by atoms with Gasteiger partial charge >= 0.3 is 0 Å². The number of nitrogens with one attached hydrogen (secondary N) is 1. The van der Waals surface area contributed by atoms with Gasteiger partial charge < -0.3 is 14.6 Å². The summed E-state index contributed by atoms with van der Waals surface area (Å²) >= 11 is 1.98. The molecule has 0 amide bonds. The molecule has 0 fully saturated rings. The van der Waals surface area contributed by atoms with E-state index in [1.165, 1.54) is 11.5 Å². The topological polar surface area (TPSA) is 39.1 Å². The average Bonchev–Trinajstić information content (AvgIpc) is 2.71. The summed E-state index contributed by atoms with van der Waals surface area (Å²) in [6, 6.07) is 0.736. The molecule has 5 heteroatoms. The number of imidazole rings is 1. The van der Waals surface area contributed by atoms with Crippen LogP contribution in [0.25, 0.3) is 0 Å². The number of hydrogen-bond acceptors (Lipinski definition) is 4. The molecule has 19 heavy (non-hydrogen) atoms. The van der Waals surface area contributed by atoms with Gasteiger partial charge in [0, 0.05) is 19.3 Å². The number of aryl methyl sites for hydroxylation is 1. The van der Waals surface area contributed by atoms with E-state index < -0.39 is 0 Å². The van der Waals surface area contributed by atoms with E-state index in [0.717, 1.165) is 18.1 Å². The largest absolute Gasteiger partial charge is 0.383 e. The lowest BCUT2D eigenvalue weighted by atomic mass is 10.3. The third-order valence-electron chi connectivity index (χ3n) is 3.01. The first-order valence-corrected chi connectivity index (χ1v) is 8.12. The Morgan fingerprint density at radius 2 is 2.21 bits per heavy atom. The van der Waals surface area contributed by atoms with Gasteiger partial charge in [-0.2, -0.15) is 11.8 Å². The normalized spacial score (nSPS) is 14.4. The van der Waals surface area contributed by atoms with Crippen LogP contribution < -0.4 is 5.32 Å². The summed E-state index contributed by atoms with van der Waals surface area (Å²) < 4.78 is 7.40. The lowest BCUT2D eigenvalue weighted by molar-refractivity contribution is 0.163. The highest BCUT2D eigenvalue weighted by Gasteiger charge is 2.13. The fourth-order valence-corrected chi connectivity index (χ4v) is 2.79. The monoisotopic (exact) mass is 285 g/mol. The van der Waals surface area contributed by atoms with Gasteiger partial charge in [-0.25, -0.2) is 4.98 Å². The highest BCUT2D eigenvalue weighted by molar-refractivity contribution is 7.99. The molecule has 0 aliphatic carbocycles. The summed E-state index contributed by atoms with van der Waals surface area (Å²) in [5.41, 5.74) is 1.04. The van der Waals surface area contributed by atoms with Crippen LogP contribution in [0, 0.1) is 6.92 Å². The molecule has 1 rings (SSSR count). The molecule has 0 spiro atoms. The smallest absolute Gasteiger partial charge is 0.203 e. The molecule has 0 radical (unpaired) electrons. The van der Waals surface area contributed by atoms with Crippen molar-refractivity contribution in [3.05, 3.63) is 11.9 Å². The van der Waals surface area contributed by atoms with Crippen molar-refractivity contribution < 1.29 is 4.74 Å². The van der Waals surface area contributed by atoms with E-state index in [1.54, 1.807) is 7.11 Å². The second-order valence-corrected chi connectivity index (χ2v) is 6.34. The Hall–Kier alpha value is -0.680.